The molecule has 0 spiro atoms. The lowest BCUT2D eigenvalue weighted by Crippen LogP contribution is -2.10. The van der Waals surface area contributed by atoms with Gasteiger partial charge < -0.3 is 5.73 Å². The monoisotopic (exact) mass is 291 g/mol. The summed E-state index contributed by atoms with van der Waals surface area (Å²) in [7, 11) is 0. The first-order chi connectivity index (χ1) is 9.56. The highest BCUT2D eigenvalue weighted by Gasteiger charge is 2.15. The van der Waals surface area contributed by atoms with Crippen molar-refractivity contribution in [2.45, 2.75) is 6.92 Å². The molecule has 0 amide bonds. The van der Waals surface area contributed by atoms with Crippen molar-refractivity contribution < 1.29 is 8.63 Å². The van der Waals surface area contributed by atoms with E-state index in [1.807, 2.05) is 42.5 Å². The summed E-state index contributed by atoms with van der Waals surface area (Å²) in [6.07, 6.45) is 0. The Bertz CT molecular complexity index is 673. The van der Waals surface area contributed by atoms with Gasteiger partial charge in [-0.3, -0.25) is 8.63 Å². The van der Waals surface area contributed by atoms with Gasteiger partial charge in [0, 0.05) is 0 Å². The van der Waals surface area contributed by atoms with E-state index in [-0.39, 0.29) is 16.8 Å². The van der Waals surface area contributed by atoms with Gasteiger partial charge in [-0.05, 0) is 29.3 Å². The van der Waals surface area contributed by atoms with Crippen LogP contribution < -0.4 is 5.73 Å². The minimum absolute atomic E-state index is 0.181. The molecule has 20 heavy (non-hydrogen) atoms. The van der Waals surface area contributed by atoms with Crippen LogP contribution in [0.4, 0.5) is 8.63 Å². The number of hydrogen-bond donors (Lipinski definition) is 1. The van der Waals surface area contributed by atoms with Gasteiger partial charge in [0.1, 0.15) is 0 Å². The molecule has 0 saturated heterocycles. The van der Waals surface area contributed by atoms with E-state index in [4.69, 9.17) is 5.73 Å². The van der Waals surface area contributed by atoms with E-state index in [1.54, 1.807) is 6.92 Å². The standard InChI is InChI=1S/C13H12BF2N3S/c1-9(18-19-13(17)20-14(15)16)11-7-6-10-4-2-3-5-12(10)8-11/h2-8H,1H3,(H2,17,19)/b18-9+. The lowest BCUT2D eigenvalue weighted by molar-refractivity contribution is 0.701. The number of nitrogens with zero attached hydrogens (tertiary/aromatic N) is 2. The molecule has 102 valence electrons. The Balaban J connectivity index is 2.24. The quantitative estimate of drug-likeness (QED) is 0.407. The summed E-state index contributed by atoms with van der Waals surface area (Å²) in [5, 5.41) is 9.42. The number of rotatable bonds is 3. The van der Waals surface area contributed by atoms with Gasteiger partial charge in [0.25, 0.3) is 0 Å². The van der Waals surface area contributed by atoms with Gasteiger partial charge in [-0.25, -0.2) is 0 Å². The lowest BCUT2D eigenvalue weighted by Gasteiger charge is -2.02. The van der Waals surface area contributed by atoms with E-state index in [9.17, 15) is 8.63 Å². The highest BCUT2D eigenvalue weighted by atomic mass is 32.2. The number of hydrogen-bond acceptors (Lipinski definition) is 3. The molecule has 2 N–H and O–H groups in total. The van der Waals surface area contributed by atoms with E-state index < -0.39 is 6.55 Å². The van der Waals surface area contributed by atoms with Gasteiger partial charge in [0.05, 0.1) is 5.71 Å². The maximum atomic E-state index is 12.1. The summed E-state index contributed by atoms with van der Waals surface area (Å²) >= 11 is 0.181. The summed E-state index contributed by atoms with van der Waals surface area (Å²) in [5.41, 5.74) is 6.81. The Morgan fingerprint density at radius 1 is 1.10 bits per heavy atom. The predicted octanol–water partition coefficient (Wildman–Crippen LogP) is 3.54. The Labute approximate surface area is 120 Å². The number of benzene rings is 2. The molecule has 0 aliphatic carbocycles. The number of amidine groups is 1. The molecule has 0 atom stereocenters. The fourth-order valence-electron chi connectivity index (χ4n) is 1.71. The van der Waals surface area contributed by atoms with Gasteiger partial charge in [-0.1, -0.05) is 48.0 Å². The van der Waals surface area contributed by atoms with Gasteiger partial charge in [-0.2, -0.15) is 5.10 Å². The molecule has 0 bridgehead atoms. The molecule has 2 aromatic carbocycles. The van der Waals surface area contributed by atoms with Gasteiger partial charge in [0.2, 0.25) is 0 Å². The van der Waals surface area contributed by atoms with E-state index in [0.717, 1.165) is 16.3 Å². The second kappa shape index (κ2) is 6.52. The van der Waals surface area contributed by atoms with Crippen molar-refractivity contribution in [2.24, 2.45) is 15.9 Å². The van der Waals surface area contributed by atoms with Crippen molar-refractivity contribution in [1.82, 2.24) is 0 Å². The van der Waals surface area contributed by atoms with Crippen molar-refractivity contribution >= 4 is 39.8 Å². The smallest absolute Gasteiger partial charge is 0.377 e. The van der Waals surface area contributed by atoms with Crippen LogP contribution in [-0.4, -0.2) is 17.4 Å². The zero-order valence-corrected chi connectivity index (χ0v) is 11.6. The molecule has 7 heteroatoms. The third kappa shape index (κ3) is 3.80. The fraction of sp³-hybridized carbons (Fsp3) is 0.0769. The van der Waals surface area contributed by atoms with Crippen LogP contribution in [-0.2, 0) is 0 Å². The Morgan fingerprint density at radius 3 is 2.50 bits per heavy atom. The number of fused-ring (bicyclic) bond motifs is 1. The Morgan fingerprint density at radius 2 is 1.80 bits per heavy atom. The minimum atomic E-state index is -2.59. The maximum absolute atomic E-state index is 12.1. The van der Waals surface area contributed by atoms with Crippen molar-refractivity contribution in [2.75, 3.05) is 0 Å². The maximum Gasteiger partial charge on any atom is 0.616 e. The average Bonchev–Trinajstić information content (AvgIpc) is 2.43. The third-order valence-electron chi connectivity index (χ3n) is 2.68. The van der Waals surface area contributed by atoms with Crippen LogP contribution in [0.1, 0.15) is 12.5 Å². The van der Waals surface area contributed by atoms with Crippen molar-refractivity contribution in [1.29, 1.82) is 0 Å². The zero-order chi connectivity index (χ0) is 14.5. The molecule has 0 aliphatic rings. The average molecular weight is 291 g/mol. The molecule has 0 saturated carbocycles. The molecule has 2 rings (SSSR count). The van der Waals surface area contributed by atoms with E-state index in [2.05, 4.69) is 10.2 Å². The summed E-state index contributed by atoms with van der Waals surface area (Å²) in [5.74, 6) is 0. The van der Waals surface area contributed by atoms with Gasteiger partial charge >= 0.3 is 6.55 Å². The largest absolute Gasteiger partial charge is 0.616 e. The number of halogens is 2. The molecule has 0 fully saturated rings. The fourth-order valence-corrected chi connectivity index (χ4v) is 1.98. The highest BCUT2D eigenvalue weighted by Crippen LogP contribution is 2.16. The first kappa shape index (κ1) is 14.5. The van der Waals surface area contributed by atoms with Crippen LogP contribution >= 0.6 is 11.6 Å². The second-order valence-electron chi connectivity index (χ2n) is 4.06. The molecule has 0 heterocycles. The van der Waals surface area contributed by atoms with Crippen LogP contribution in [0.25, 0.3) is 10.8 Å². The first-order valence-corrected chi connectivity index (χ1v) is 6.76. The van der Waals surface area contributed by atoms with Crippen molar-refractivity contribution in [3.8, 4) is 0 Å². The zero-order valence-electron chi connectivity index (χ0n) is 10.8. The third-order valence-corrected chi connectivity index (χ3v) is 3.18. The van der Waals surface area contributed by atoms with E-state index in [1.165, 1.54) is 0 Å². The topological polar surface area (TPSA) is 50.7 Å². The first-order valence-electron chi connectivity index (χ1n) is 5.88. The minimum Gasteiger partial charge on any atom is -0.377 e. The molecule has 0 radical (unpaired) electrons. The Hall–Kier alpha value is -1.89. The Kier molecular flexibility index (Phi) is 4.73. The molecule has 0 aliphatic heterocycles. The molecular weight excluding hydrogens is 279 g/mol. The van der Waals surface area contributed by atoms with Crippen LogP contribution in [0.5, 0.6) is 0 Å². The predicted molar refractivity (Wildman–Crippen MR) is 83.3 cm³/mol. The van der Waals surface area contributed by atoms with E-state index in [0.29, 0.717) is 5.71 Å². The molecule has 3 nitrogen and oxygen atoms in total. The normalized spacial score (nSPS) is 12.8. The molecule has 0 unspecified atom stereocenters. The van der Waals surface area contributed by atoms with Crippen LogP contribution in [0.2, 0.25) is 0 Å². The summed E-state index contributed by atoms with van der Waals surface area (Å²) in [6.45, 7) is -0.830. The number of nitrogens with two attached hydrogens (primary N) is 1. The van der Waals surface area contributed by atoms with Gasteiger partial charge in [-0.15, -0.1) is 5.10 Å². The highest BCUT2D eigenvalue weighted by molar-refractivity contribution is 8.35. The SMILES string of the molecule is C/C(=N\N=C(\N)SB(F)F)c1ccc2ccccc2c1. The van der Waals surface area contributed by atoms with Gasteiger partial charge in [0.15, 0.2) is 5.17 Å². The molecule has 2 aromatic rings. The summed E-state index contributed by atoms with van der Waals surface area (Å²) < 4.78 is 24.1. The van der Waals surface area contributed by atoms with Crippen LogP contribution in [0.3, 0.4) is 0 Å². The molecular formula is C13H12BF2N3S. The molecule has 0 aromatic heterocycles. The van der Waals surface area contributed by atoms with Crippen molar-refractivity contribution in [3.63, 3.8) is 0 Å². The second-order valence-corrected chi connectivity index (χ2v) is 5.07. The summed E-state index contributed by atoms with van der Waals surface area (Å²) in [6, 6.07) is 13.8. The van der Waals surface area contributed by atoms with Crippen molar-refractivity contribution in [3.05, 3.63) is 48.0 Å². The van der Waals surface area contributed by atoms with Crippen LogP contribution in [0, 0.1) is 0 Å². The van der Waals surface area contributed by atoms with Crippen LogP contribution in [0.15, 0.2) is 52.7 Å². The summed E-state index contributed by atoms with van der Waals surface area (Å²) in [4.78, 5) is 0. The lowest BCUT2D eigenvalue weighted by atomic mass is 10.0. The van der Waals surface area contributed by atoms with E-state index >= 15 is 0 Å².